The number of carbonyl (C=O) groups is 2. The van der Waals surface area contributed by atoms with Crippen molar-refractivity contribution in [2.45, 2.75) is 33.1 Å². The van der Waals surface area contributed by atoms with E-state index in [-0.39, 0.29) is 30.4 Å². The number of aromatic nitrogens is 2. The molecule has 31 heavy (non-hydrogen) atoms. The average Bonchev–Trinajstić information content (AvgIpc) is 3.14. The van der Waals surface area contributed by atoms with Crippen LogP contribution >= 0.6 is 0 Å². The highest BCUT2D eigenvalue weighted by Crippen LogP contribution is 2.31. The van der Waals surface area contributed by atoms with Crippen LogP contribution in [0.1, 0.15) is 32.0 Å². The lowest BCUT2D eigenvalue weighted by molar-refractivity contribution is -0.123. The third kappa shape index (κ3) is 4.30. The molecule has 0 saturated carbocycles. The zero-order chi connectivity index (χ0) is 22.2. The first-order valence-corrected chi connectivity index (χ1v) is 10.2. The minimum absolute atomic E-state index is 0.0836. The number of anilines is 2. The van der Waals surface area contributed by atoms with Crippen LogP contribution in [-0.2, 0) is 15.0 Å². The van der Waals surface area contributed by atoms with Crippen LogP contribution in [0.4, 0.5) is 11.5 Å². The van der Waals surface area contributed by atoms with E-state index >= 15 is 0 Å². The van der Waals surface area contributed by atoms with E-state index in [9.17, 15) is 9.59 Å². The molecule has 0 radical (unpaired) electrons. The van der Waals surface area contributed by atoms with Crippen LogP contribution in [0.15, 0.2) is 54.6 Å². The summed E-state index contributed by atoms with van der Waals surface area (Å²) in [7, 11) is 0. The molecule has 2 amide bonds. The first-order chi connectivity index (χ1) is 14.7. The summed E-state index contributed by atoms with van der Waals surface area (Å²) in [6.45, 7) is 8.04. The van der Waals surface area contributed by atoms with Crippen LogP contribution in [0.2, 0.25) is 0 Å². The van der Waals surface area contributed by atoms with Gasteiger partial charge in [0.15, 0.2) is 6.61 Å². The molecule has 7 nitrogen and oxygen atoms in total. The largest absolute Gasteiger partial charge is 0.482 e. The number of fused-ring (bicyclic) bond motifs is 1. The topological polar surface area (TPSA) is 76.5 Å². The Labute approximate surface area is 181 Å². The van der Waals surface area contributed by atoms with Crippen molar-refractivity contribution in [3.63, 3.8) is 0 Å². The molecule has 0 spiro atoms. The van der Waals surface area contributed by atoms with Crippen molar-refractivity contribution >= 4 is 23.3 Å². The van der Waals surface area contributed by atoms with E-state index in [4.69, 9.17) is 9.84 Å². The predicted molar refractivity (Wildman–Crippen MR) is 120 cm³/mol. The molecule has 0 atom stereocenters. The minimum atomic E-state index is -0.306. The van der Waals surface area contributed by atoms with E-state index in [1.165, 1.54) is 4.90 Å². The highest BCUT2D eigenvalue weighted by Gasteiger charge is 2.28. The summed E-state index contributed by atoms with van der Waals surface area (Å²) >= 11 is 0. The van der Waals surface area contributed by atoms with Gasteiger partial charge in [0.05, 0.1) is 17.1 Å². The smallest absolute Gasteiger partial charge is 0.265 e. The summed E-state index contributed by atoms with van der Waals surface area (Å²) in [4.78, 5) is 26.8. The van der Waals surface area contributed by atoms with Crippen LogP contribution in [0.25, 0.3) is 5.69 Å². The molecule has 160 valence electrons. The number of amides is 2. The second-order valence-corrected chi connectivity index (χ2v) is 8.70. The first-order valence-electron chi connectivity index (χ1n) is 10.2. The molecule has 1 N–H and O–H groups in total. The van der Waals surface area contributed by atoms with Gasteiger partial charge in [0.1, 0.15) is 18.1 Å². The maximum absolute atomic E-state index is 13.0. The van der Waals surface area contributed by atoms with Gasteiger partial charge < -0.3 is 10.1 Å². The lowest BCUT2D eigenvalue weighted by Gasteiger charge is -2.28. The average molecular weight is 418 g/mol. The Hall–Kier alpha value is -3.61. The van der Waals surface area contributed by atoms with Crippen LogP contribution in [0, 0.1) is 6.92 Å². The SMILES string of the molecule is Cc1cccc(-n2nc(C(C)(C)C)cc2NC(=O)CN2C(=O)COc3ccccc32)c1. The number of ether oxygens (including phenoxy) is 1. The van der Waals surface area contributed by atoms with Crippen molar-refractivity contribution in [3.8, 4) is 11.4 Å². The molecule has 2 heterocycles. The second kappa shape index (κ2) is 7.91. The fraction of sp³-hybridized carbons (Fsp3) is 0.292. The molecule has 0 fully saturated rings. The number of nitrogens with zero attached hydrogens (tertiary/aromatic N) is 3. The summed E-state index contributed by atoms with van der Waals surface area (Å²) in [6.07, 6.45) is 0. The van der Waals surface area contributed by atoms with Crippen molar-refractivity contribution < 1.29 is 14.3 Å². The fourth-order valence-corrected chi connectivity index (χ4v) is 3.45. The van der Waals surface area contributed by atoms with Crippen molar-refractivity contribution in [1.82, 2.24) is 9.78 Å². The first kappa shape index (κ1) is 20.7. The molecule has 1 aliphatic heterocycles. The Morgan fingerprint density at radius 3 is 2.65 bits per heavy atom. The molecule has 0 aliphatic carbocycles. The molecule has 1 aliphatic rings. The van der Waals surface area contributed by atoms with E-state index in [1.54, 1.807) is 16.8 Å². The van der Waals surface area contributed by atoms with E-state index in [0.29, 0.717) is 17.3 Å². The van der Waals surface area contributed by atoms with Crippen molar-refractivity contribution in [2.24, 2.45) is 0 Å². The monoisotopic (exact) mass is 418 g/mol. The number of rotatable bonds is 4. The molecule has 0 saturated heterocycles. The van der Waals surface area contributed by atoms with Gasteiger partial charge in [-0.2, -0.15) is 5.10 Å². The van der Waals surface area contributed by atoms with Gasteiger partial charge in [-0.1, -0.05) is 45.0 Å². The van der Waals surface area contributed by atoms with Crippen molar-refractivity contribution in [2.75, 3.05) is 23.4 Å². The zero-order valence-electron chi connectivity index (χ0n) is 18.2. The zero-order valence-corrected chi connectivity index (χ0v) is 18.2. The van der Waals surface area contributed by atoms with Gasteiger partial charge >= 0.3 is 0 Å². The van der Waals surface area contributed by atoms with Gasteiger partial charge in [0.25, 0.3) is 5.91 Å². The van der Waals surface area contributed by atoms with E-state index in [2.05, 4.69) is 26.1 Å². The van der Waals surface area contributed by atoms with E-state index in [1.807, 2.05) is 49.4 Å². The minimum Gasteiger partial charge on any atom is -0.482 e. The summed E-state index contributed by atoms with van der Waals surface area (Å²) in [5, 5.41) is 7.69. The summed E-state index contributed by atoms with van der Waals surface area (Å²) < 4.78 is 7.19. The van der Waals surface area contributed by atoms with Crippen LogP contribution in [0.5, 0.6) is 5.75 Å². The summed E-state index contributed by atoms with van der Waals surface area (Å²) in [5.74, 6) is 0.597. The quantitative estimate of drug-likeness (QED) is 0.698. The molecule has 4 rings (SSSR count). The highest BCUT2D eigenvalue weighted by atomic mass is 16.5. The second-order valence-electron chi connectivity index (χ2n) is 8.70. The van der Waals surface area contributed by atoms with Gasteiger partial charge in [-0.3, -0.25) is 14.5 Å². The van der Waals surface area contributed by atoms with Crippen molar-refractivity contribution in [1.29, 1.82) is 0 Å². The number of para-hydroxylation sites is 2. The number of benzene rings is 2. The van der Waals surface area contributed by atoms with Crippen LogP contribution < -0.4 is 15.0 Å². The Balaban J connectivity index is 1.62. The molecule has 1 aromatic heterocycles. The van der Waals surface area contributed by atoms with Gasteiger partial charge in [0, 0.05) is 11.5 Å². The third-order valence-electron chi connectivity index (χ3n) is 5.10. The van der Waals surface area contributed by atoms with Gasteiger partial charge in [-0.15, -0.1) is 0 Å². The van der Waals surface area contributed by atoms with Crippen LogP contribution in [0.3, 0.4) is 0 Å². The normalized spacial score (nSPS) is 13.5. The summed E-state index contributed by atoms with van der Waals surface area (Å²) in [6, 6.07) is 17.0. The number of carbonyl (C=O) groups excluding carboxylic acids is 2. The van der Waals surface area contributed by atoms with Crippen molar-refractivity contribution in [3.05, 3.63) is 65.9 Å². The Kier molecular flexibility index (Phi) is 5.27. The predicted octanol–water partition coefficient (Wildman–Crippen LogP) is 3.84. The Morgan fingerprint density at radius 2 is 1.90 bits per heavy atom. The molecule has 7 heteroatoms. The maximum atomic E-state index is 13.0. The maximum Gasteiger partial charge on any atom is 0.265 e. The lowest BCUT2D eigenvalue weighted by Crippen LogP contribution is -2.43. The van der Waals surface area contributed by atoms with E-state index in [0.717, 1.165) is 16.9 Å². The number of nitrogens with one attached hydrogen (secondary N) is 1. The van der Waals surface area contributed by atoms with Gasteiger partial charge in [-0.25, -0.2) is 4.68 Å². The molecular weight excluding hydrogens is 392 g/mol. The van der Waals surface area contributed by atoms with Crippen LogP contribution in [-0.4, -0.2) is 34.7 Å². The molecule has 0 bridgehead atoms. The lowest BCUT2D eigenvalue weighted by atomic mass is 9.92. The third-order valence-corrected chi connectivity index (χ3v) is 5.10. The molecule has 3 aromatic rings. The van der Waals surface area contributed by atoms with E-state index < -0.39 is 0 Å². The number of hydrogen-bond acceptors (Lipinski definition) is 4. The summed E-state index contributed by atoms with van der Waals surface area (Å²) in [5.41, 5.74) is 3.22. The highest BCUT2D eigenvalue weighted by molar-refractivity contribution is 6.04. The number of hydrogen-bond donors (Lipinski definition) is 1. The molecular formula is C24H26N4O3. The Morgan fingerprint density at radius 1 is 1.13 bits per heavy atom. The standard InChI is InChI=1S/C24H26N4O3/c1-16-8-7-9-17(12-16)28-21(13-20(26-28)24(2,3)4)25-22(29)14-27-18-10-5-6-11-19(18)31-15-23(27)30/h5-13H,14-15H2,1-4H3,(H,25,29). The molecule has 2 aromatic carbocycles. The molecule has 0 unspecified atom stereocenters. The van der Waals surface area contributed by atoms with Gasteiger partial charge in [0.2, 0.25) is 5.91 Å². The number of aryl methyl sites for hydroxylation is 1. The Bertz CT molecular complexity index is 1140. The van der Waals surface area contributed by atoms with Gasteiger partial charge in [-0.05, 0) is 36.8 Å². The fourth-order valence-electron chi connectivity index (χ4n) is 3.45.